The zero-order valence-electron chi connectivity index (χ0n) is 15.9. The summed E-state index contributed by atoms with van der Waals surface area (Å²) in [4.78, 5) is 16.6. The molecule has 9 nitrogen and oxygen atoms in total. The maximum absolute atomic E-state index is 9.87. The van der Waals surface area contributed by atoms with E-state index in [-0.39, 0.29) is 31.0 Å². The minimum atomic E-state index is -0.622. The first-order valence-electron chi connectivity index (χ1n) is 10.0. The normalized spacial score (nSPS) is 29.9. The van der Waals surface area contributed by atoms with Crippen LogP contribution in [0.1, 0.15) is 23.7 Å². The zero-order chi connectivity index (χ0) is 20.2. The zero-order valence-corrected chi connectivity index (χ0v) is 16.7. The van der Waals surface area contributed by atoms with E-state index in [0.717, 1.165) is 18.5 Å². The number of pyridine rings is 2. The molecule has 1 aliphatic carbocycles. The molecule has 0 saturated carbocycles. The monoisotopic (exact) mass is 429 g/mol. The van der Waals surface area contributed by atoms with Crippen LogP contribution in [0.3, 0.4) is 0 Å². The van der Waals surface area contributed by atoms with Crippen LogP contribution in [0.2, 0.25) is 5.02 Å². The number of nitrogens with zero attached hydrogens (tertiary/aromatic N) is 3. The van der Waals surface area contributed by atoms with Gasteiger partial charge in [-0.25, -0.2) is 4.98 Å². The summed E-state index contributed by atoms with van der Waals surface area (Å²) in [5, 5.41) is 13.8. The van der Waals surface area contributed by atoms with Crippen molar-refractivity contribution in [3.8, 4) is 6.01 Å². The Bertz CT molecular complexity index is 1110. The number of H-pyrrole nitrogens is 1. The highest BCUT2D eigenvalue weighted by Gasteiger charge is 2.48. The van der Waals surface area contributed by atoms with Crippen LogP contribution >= 0.6 is 11.6 Å². The molecule has 3 aromatic rings. The fourth-order valence-corrected chi connectivity index (χ4v) is 4.67. The lowest BCUT2D eigenvalue weighted by Gasteiger charge is -2.15. The van der Waals surface area contributed by atoms with Crippen molar-refractivity contribution >= 4 is 28.6 Å². The van der Waals surface area contributed by atoms with Gasteiger partial charge in [0.05, 0.1) is 35.5 Å². The van der Waals surface area contributed by atoms with Crippen molar-refractivity contribution in [3.05, 3.63) is 40.7 Å². The molecule has 0 spiro atoms. The Kier molecular flexibility index (Phi) is 4.31. The van der Waals surface area contributed by atoms with Gasteiger partial charge in [-0.3, -0.25) is 4.98 Å². The number of halogens is 1. The van der Waals surface area contributed by atoms with E-state index in [2.05, 4.69) is 31.3 Å². The molecule has 0 amide bonds. The third-order valence-corrected chi connectivity index (χ3v) is 6.21. The van der Waals surface area contributed by atoms with E-state index in [9.17, 15) is 5.11 Å². The van der Waals surface area contributed by atoms with Gasteiger partial charge in [0.15, 0.2) is 11.8 Å². The van der Waals surface area contributed by atoms with Crippen LogP contribution in [0.25, 0.3) is 11.2 Å². The summed E-state index contributed by atoms with van der Waals surface area (Å²) < 4.78 is 17.1. The van der Waals surface area contributed by atoms with E-state index in [1.54, 1.807) is 12.3 Å². The lowest BCUT2D eigenvalue weighted by molar-refractivity contribution is 0.00706. The first kappa shape index (κ1) is 18.3. The number of aromatic amines is 1. The Morgan fingerprint density at radius 1 is 1.23 bits per heavy atom. The number of ether oxygens (including phenoxy) is 3. The number of aryl methyl sites for hydroxylation is 1. The van der Waals surface area contributed by atoms with E-state index < -0.39 is 6.10 Å². The summed E-state index contributed by atoms with van der Waals surface area (Å²) >= 11 is 6.48. The molecule has 6 rings (SSSR count). The van der Waals surface area contributed by atoms with Crippen LogP contribution in [0.5, 0.6) is 6.01 Å². The smallest absolute Gasteiger partial charge is 0.296 e. The summed E-state index contributed by atoms with van der Waals surface area (Å²) in [5.41, 5.74) is 3.46. The molecule has 10 heteroatoms. The summed E-state index contributed by atoms with van der Waals surface area (Å²) in [5.74, 6) is 0.567. The minimum Gasteiger partial charge on any atom is -0.456 e. The molecule has 3 N–H and O–H groups in total. The highest BCUT2D eigenvalue weighted by molar-refractivity contribution is 6.33. The molecule has 0 aromatic carbocycles. The first-order chi connectivity index (χ1) is 14.7. The molecule has 2 aliphatic heterocycles. The molecule has 2 fully saturated rings. The van der Waals surface area contributed by atoms with Crippen molar-refractivity contribution in [3.63, 3.8) is 0 Å². The lowest BCUT2D eigenvalue weighted by atomic mass is 10.1. The number of anilines is 1. The molecule has 3 aromatic heterocycles. The van der Waals surface area contributed by atoms with Gasteiger partial charge in [-0.05, 0) is 30.5 Å². The predicted molar refractivity (Wildman–Crippen MR) is 108 cm³/mol. The van der Waals surface area contributed by atoms with Crippen molar-refractivity contribution in [1.82, 2.24) is 19.9 Å². The third-order valence-electron chi connectivity index (χ3n) is 5.92. The summed E-state index contributed by atoms with van der Waals surface area (Å²) in [6.45, 7) is 0.583. The predicted octanol–water partition coefficient (Wildman–Crippen LogP) is 2.01. The maximum Gasteiger partial charge on any atom is 0.296 e. The molecule has 0 bridgehead atoms. The van der Waals surface area contributed by atoms with Gasteiger partial charge in [-0.1, -0.05) is 17.7 Å². The second-order valence-corrected chi connectivity index (χ2v) is 8.24. The van der Waals surface area contributed by atoms with Crippen molar-refractivity contribution in [2.24, 2.45) is 0 Å². The largest absolute Gasteiger partial charge is 0.456 e. The van der Waals surface area contributed by atoms with Gasteiger partial charge in [-0.15, -0.1) is 0 Å². The van der Waals surface area contributed by atoms with Gasteiger partial charge < -0.3 is 29.6 Å². The number of hydrogen-bond acceptors (Lipinski definition) is 8. The molecule has 3 aliphatic rings. The first-order valence-corrected chi connectivity index (χ1v) is 10.4. The number of imidazole rings is 1. The second kappa shape index (κ2) is 7.05. The molecule has 156 valence electrons. The van der Waals surface area contributed by atoms with E-state index in [0.29, 0.717) is 34.6 Å². The Hall–Kier alpha value is -2.46. The van der Waals surface area contributed by atoms with Gasteiger partial charge in [0.1, 0.15) is 24.1 Å². The van der Waals surface area contributed by atoms with Gasteiger partial charge >= 0.3 is 0 Å². The summed E-state index contributed by atoms with van der Waals surface area (Å²) in [6, 6.07) is 6.22. The van der Waals surface area contributed by atoms with E-state index in [1.165, 1.54) is 5.56 Å². The number of rotatable bonds is 4. The molecule has 2 saturated heterocycles. The number of nitrogens with one attached hydrogen (secondary N) is 2. The lowest BCUT2D eigenvalue weighted by Crippen LogP contribution is -2.34. The van der Waals surface area contributed by atoms with Crippen LogP contribution < -0.4 is 10.1 Å². The molecular formula is C20H20ClN5O4. The number of aliphatic hydroxyl groups is 1. The van der Waals surface area contributed by atoms with Gasteiger partial charge in [-0.2, -0.15) is 4.98 Å². The van der Waals surface area contributed by atoms with Crippen molar-refractivity contribution in [1.29, 1.82) is 0 Å². The average Bonchev–Trinajstić information content (AvgIpc) is 3.49. The number of aromatic nitrogens is 4. The quantitative estimate of drug-likeness (QED) is 0.577. The van der Waals surface area contributed by atoms with Crippen LogP contribution in [-0.2, 0) is 15.9 Å². The van der Waals surface area contributed by atoms with Crippen LogP contribution in [-0.4, -0.2) is 62.7 Å². The van der Waals surface area contributed by atoms with Crippen molar-refractivity contribution in [2.45, 2.75) is 43.3 Å². The summed E-state index contributed by atoms with van der Waals surface area (Å²) in [6.07, 6.45) is 2.09. The summed E-state index contributed by atoms with van der Waals surface area (Å²) in [7, 11) is 0. The molecule has 5 atom stereocenters. The van der Waals surface area contributed by atoms with Gasteiger partial charge in [0.25, 0.3) is 6.01 Å². The van der Waals surface area contributed by atoms with Crippen LogP contribution in [0, 0.1) is 0 Å². The number of fused-ring (bicyclic) bond motifs is 3. The SMILES string of the molecule is O[C@@H]1CO[C@H]2C1OC[C@H]2Oc1nc2nc(NC3CCc4cccnc43)c(Cl)cc2[nH]1. The molecule has 30 heavy (non-hydrogen) atoms. The second-order valence-electron chi connectivity index (χ2n) is 7.83. The molecular weight excluding hydrogens is 410 g/mol. The van der Waals surface area contributed by atoms with Gasteiger partial charge in [0, 0.05) is 6.20 Å². The van der Waals surface area contributed by atoms with E-state index in [1.807, 2.05) is 6.07 Å². The van der Waals surface area contributed by atoms with Crippen molar-refractivity contribution < 1.29 is 19.3 Å². The fraction of sp³-hybridized carbons (Fsp3) is 0.450. The molecule has 0 radical (unpaired) electrons. The van der Waals surface area contributed by atoms with Crippen LogP contribution in [0.15, 0.2) is 24.4 Å². The molecule has 2 unspecified atom stereocenters. The Morgan fingerprint density at radius 3 is 3.07 bits per heavy atom. The molecule has 5 heterocycles. The highest BCUT2D eigenvalue weighted by atomic mass is 35.5. The Morgan fingerprint density at radius 2 is 2.13 bits per heavy atom. The van der Waals surface area contributed by atoms with Crippen LogP contribution in [0.4, 0.5) is 5.82 Å². The number of hydrogen-bond donors (Lipinski definition) is 3. The standard InChI is InChI=1S/C20H20ClN5O4/c21-10-6-12-19(25-18(10)23-11-4-3-9-2-1-5-22-15(9)11)26-20(24-12)30-14-8-29-16-13(27)7-28-17(14)16/h1-2,5-6,11,13-14,16-17,27H,3-4,7-8H2,(H2,23,24,25,26)/t11?,13-,14-,16?,17-/m1/s1. The van der Waals surface area contributed by atoms with E-state index >= 15 is 0 Å². The Balaban J connectivity index is 1.23. The Labute approximate surface area is 176 Å². The fourth-order valence-electron chi connectivity index (χ4n) is 4.46. The highest BCUT2D eigenvalue weighted by Crippen LogP contribution is 2.35. The topological polar surface area (TPSA) is 114 Å². The van der Waals surface area contributed by atoms with E-state index in [4.69, 9.17) is 25.8 Å². The third kappa shape index (κ3) is 3.01. The average molecular weight is 430 g/mol. The van der Waals surface area contributed by atoms with Crippen molar-refractivity contribution in [2.75, 3.05) is 18.5 Å². The maximum atomic E-state index is 9.87. The number of aliphatic hydroxyl groups excluding tert-OH is 1. The van der Waals surface area contributed by atoms with Gasteiger partial charge in [0.2, 0.25) is 0 Å². The minimum absolute atomic E-state index is 0.0665.